The molecular weight excluding hydrogens is 334 g/mol. The molecule has 3 aromatic rings. The van der Waals surface area contributed by atoms with Crippen molar-refractivity contribution in [1.82, 2.24) is 9.73 Å². The molecule has 0 aliphatic carbocycles. The minimum Gasteiger partial charge on any atom is -0.614 e. The summed E-state index contributed by atoms with van der Waals surface area (Å²) in [5.74, 6) is -1.31. The second kappa shape index (κ2) is 7.43. The van der Waals surface area contributed by atoms with Crippen molar-refractivity contribution in [3.05, 3.63) is 53.1 Å². The van der Waals surface area contributed by atoms with Crippen molar-refractivity contribution in [2.75, 3.05) is 14.2 Å². The molecule has 0 saturated carbocycles. The average Bonchev–Trinajstić information content (AvgIpc) is 3.23. The largest absolute Gasteiger partial charge is 0.614 e. The summed E-state index contributed by atoms with van der Waals surface area (Å²) in [7, 11) is 2.54. The van der Waals surface area contributed by atoms with E-state index in [1.54, 1.807) is 9.15 Å². The van der Waals surface area contributed by atoms with Gasteiger partial charge in [-0.25, -0.2) is 4.79 Å². The van der Waals surface area contributed by atoms with Crippen molar-refractivity contribution in [1.29, 1.82) is 0 Å². The van der Waals surface area contributed by atoms with Crippen LogP contribution >= 0.6 is 0 Å². The number of methoxy groups -OCH3 is 2. The van der Waals surface area contributed by atoms with E-state index in [2.05, 4.69) is 12.0 Å². The van der Waals surface area contributed by atoms with Gasteiger partial charge in [0.2, 0.25) is 5.35 Å². The van der Waals surface area contributed by atoms with Gasteiger partial charge in [-0.3, -0.25) is 0 Å². The van der Waals surface area contributed by atoms with Crippen LogP contribution in [0.25, 0.3) is 17.2 Å². The standard InChI is InChI=1S/C19H21N3O4/c1-4-5-11-14-12-15(13-9-7-6-8-10-13)22-20-16(18(23)25-2)17(21(14)22)19(24)26-3/h6-10,12H,4-5,11H2,1-3H3. The van der Waals surface area contributed by atoms with Crippen molar-refractivity contribution in [2.24, 2.45) is 0 Å². The molecule has 7 heteroatoms. The van der Waals surface area contributed by atoms with Gasteiger partial charge in [-0.2, -0.15) is 0 Å². The second-order valence-corrected chi connectivity index (χ2v) is 5.87. The lowest BCUT2D eigenvalue weighted by Crippen LogP contribution is -2.48. The zero-order valence-corrected chi connectivity index (χ0v) is 15.1. The molecular formula is C19H21N3O4. The van der Waals surface area contributed by atoms with Crippen LogP contribution in [0.1, 0.15) is 35.9 Å². The van der Waals surface area contributed by atoms with Crippen molar-refractivity contribution in [2.45, 2.75) is 26.2 Å². The predicted molar refractivity (Wildman–Crippen MR) is 91.9 cm³/mol. The van der Waals surface area contributed by atoms with Crippen LogP contribution in [0, 0.1) is 0 Å². The van der Waals surface area contributed by atoms with Crippen molar-refractivity contribution in [3.8, 4) is 11.3 Å². The van der Waals surface area contributed by atoms with Crippen LogP contribution in [0.2, 0.25) is 0 Å². The Labute approximate surface area is 151 Å². The predicted octanol–water partition coefficient (Wildman–Crippen LogP) is 0.507. The SMILES string of the molecule is CCCCc1cc(-c2ccccc2)n2nc(C(=O)OC)/c(=C(/[O-])OC)[n+]12. The lowest BCUT2D eigenvalue weighted by molar-refractivity contribution is -0.640. The maximum atomic E-state index is 12.4. The van der Waals surface area contributed by atoms with E-state index in [9.17, 15) is 9.90 Å². The van der Waals surface area contributed by atoms with Crippen LogP contribution in [-0.4, -0.2) is 29.9 Å². The van der Waals surface area contributed by atoms with Gasteiger partial charge in [-0.1, -0.05) is 43.7 Å². The Balaban J connectivity index is 2.39. The summed E-state index contributed by atoms with van der Waals surface area (Å²) in [5, 5.41) is 16.8. The molecule has 26 heavy (non-hydrogen) atoms. The quantitative estimate of drug-likeness (QED) is 0.475. The van der Waals surface area contributed by atoms with Crippen molar-refractivity contribution >= 4 is 11.9 Å². The lowest BCUT2D eigenvalue weighted by Gasteiger charge is -2.05. The summed E-state index contributed by atoms with van der Waals surface area (Å²) in [6.45, 7) is 2.10. The molecule has 0 atom stereocenters. The Morgan fingerprint density at radius 3 is 2.58 bits per heavy atom. The zero-order chi connectivity index (χ0) is 18.7. The molecule has 0 unspecified atom stereocenters. The van der Waals surface area contributed by atoms with Crippen LogP contribution < -0.4 is 15.0 Å². The van der Waals surface area contributed by atoms with Gasteiger partial charge in [0, 0.05) is 18.1 Å². The Hall–Kier alpha value is -3.09. The number of rotatable bonds is 6. The number of unbranched alkanes of at least 4 members (excludes halogenated alkanes) is 1. The van der Waals surface area contributed by atoms with Crippen LogP contribution in [0.5, 0.6) is 0 Å². The highest BCUT2D eigenvalue weighted by Gasteiger charge is 2.30. The Bertz CT molecular complexity index is 980. The third kappa shape index (κ3) is 2.96. The molecule has 136 valence electrons. The van der Waals surface area contributed by atoms with E-state index in [4.69, 9.17) is 9.47 Å². The highest BCUT2D eigenvalue weighted by atomic mass is 16.6. The molecule has 3 rings (SSSR count). The fraction of sp³-hybridized carbons (Fsp3) is 0.316. The number of aromatic nitrogens is 3. The van der Waals surface area contributed by atoms with Gasteiger partial charge >= 0.3 is 11.7 Å². The lowest BCUT2D eigenvalue weighted by atomic mass is 10.1. The minimum atomic E-state index is -0.679. The normalized spacial score (nSPS) is 12.3. The average molecular weight is 355 g/mol. The van der Waals surface area contributed by atoms with Gasteiger partial charge < -0.3 is 14.6 Å². The molecule has 0 N–H and O–H groups in total. The second-order valence-electron chi connectivity index (χ2n) is 5.87. The minimum absolute atomic E-state index is 0.0603. The monoisotopic (exact) mass is 355 g/mol. The zero-order valence-electron chi connectivity index (χ0n) is 15.1. The summed E-state index contributed by atoms with van der Waals surface area (Å²) in [4.78, 5) is 12.2. The maximum absolute atomic E-state index is 12.4. The number of hydrogen-bond acceptors (Lipinski definition) is 5. The molecule has 2 heterocycles. The molecule has 0 aliphatic rings. The smallest absolute Gasteiger partial charge is 0.390 e. The van der Waals surface area contributed by atoms with E-state index < -0.39 is 11.9 Å². The Morgan fingerprint density at radius 1 is 1.23 bits per heavy atom. The van der Waals surface area contributed by atoms with E-state index in [1.807, 2.05) is 36.4 Å². The summed E-state index contributed by atoms with van der Waals surface area (Å²) in [6, 6.07) is 11.7. The van der Waals surface area contributed by atoms with E-state index >= 15 is 0 Å². The first-order valence-corrected chi connectivity index (χ1v) is 8.48. The fourth-order valence-corrected chi connectivity index (χ4v) is 2.94. The molecule has 0 radical (unpaired) electrons. The van der Waals surface area contributed by atoms with E-state index in [0.29, 0.717) is 0 Å². The number of aryl methyl sites for hydroxylation is 1. The summed E-state index contributed by atoms with van der Waals surface area (Å²) in [5.41, 5.74) is 2.55. The number of hydrogen-bond donors (Lipinski definition) is 0. The first kappa shape index (κ1) is 17.7. The third-order valence-corrected chi connectivity index (χ3v) is 4.22. The van der Waals surface area contributed by atoms with Gasteiger partial charge in [-0.15, -0.1) is 4.52 Å². The number of carbonyl (C=O) groups excluding carboxylic acids is 1. The molecule has 0 fully saturated rings. The molecule has 0 aliphatic heterocycles. The molecule has 0 amide bonds. The highest BCUT2D eigenvalue weighted by Crippen LogP contribution is 2.19. The van der Waals surface area contributed by atoms with E-state index in [1.165, 1.54) is 14.2 Å². The summed E-state index contributed by atoms with van der Waals surface area (Å²) in [6.07, 6.45) is 2.69. The number of ether oxygens (including phenoxy) is 2. The van der Waals surface area contributed by atoms with Gasteiger partial charge in [0.1, 0.15) is 17.3 Å². The summed E-state index contributed by atoms with van der Waals surface area (Å²) < 4.78 is 12.9. The van der Waals surface area contributed by atoms with Crippen molar-refractivity contribution < 1.29 is 23.9 Å². The summed E-state index contributed by atoms with van der Waals surface area (Å²) >= 11 is 0. The van der Waals surface area contributed by atoms with E-state index in [-0.39, 0.29) is 11.0 Å². The van der Waals surface area contributed by atoms with Crippen LogP contribution in [0.3, 0.4) is 0 Å². The number of esters is 1. The number of fused-ring (bicyclic) bond motifs is 1. The van der Waals surface area contributed by atoms with E-state index in [0.717, 1.165) is 36.2 Å². The maximum Gasteiger partial charge on any atom is 0.390 e. The molecule has 7 nitrogen and oxygen atoms in total. The van der Waals surface area contributed by atoms with Gasteiger partial charge in [0.05, 0.1) is 12.2 Å². The molecule has 0 saturated heterocycles. The topological polar surface area (TPSA) is 80.0 Å². The number of benzene rings is 1. The first-order chi connectivity index (χ1) is 12.6. The molecule has 1 aromatic carbocycles. The first-order valence-electron chi connectivity index (χ1n) is 8.48. The van der Waals surface area contributed by atoms with Gasteiger partial charge in [-0.05, 0) is 18.2 Å². The Morgan fingerprint density at radius 2 is 1.96 bits per heavy atom. The van der Waals surface area contributed by atoms with Crippen LogP contribution in [-0.2, 0) is 15.9 Å². The fourth-order valence-electron chi connectivity index (χ4n) is 2.94. The van der Waals surface area contributed by atoms with Crippen molar-refractivity contribution in [3.63, 3.8) is 0 Å². The number of nitrogens with zero attached hydrogens (tertiary/aromatic N) is 3. The molecule has 2 aromatic heterocycles. The third-order valence-electron chi connectivity index (χ3n) is 4.22. The molecule has 0 spiro atoms. The van der Waals surface area contributed by atoms with Gasteiger partial charge in [0.15, 0.2) is 0 Å². The number of carbonyl (C=O) groups is 1. The molecule has 0 bridgehead atoms. The van der Waals surface area contributed by atoms with Gasteiger partial charge in [0.25, 0.3) is 0 Å². The Kier molecular flexibility index (Phi) is 5.06. The highest BCUT2D eigenvalue weighted by molar-refractivity contribution is 5.87. The van der Waals surface area contributed by atoms with Crippen LogP contribution in [0.15, 0.2) is 36.4 Å². The van der Waals surface area contributed by atoms with Crippen LogP contribution in [0.4, 0.5) is 0 Å².